The Morgan fingerprint density at radius 3 is 2.77 bits per heavy atom. The van der Waals surface area contributed by atoms with Crippen LogP contribution in [0, 0.1) is 0 Å². The molecule has 0 saturated carbocycles. The van der Waals surface area contributed by atoms with Crippen LogP contribution in [-0.4, -0.2) is 50.3 Å². The van der Waals surface area contributed by atoms with Crippen LogP contribution in [0.25, 0.3) is 22.5 Å². The van der Waals surface area contributed by atoms with Gasteiger partial charge in [-0.3, -0.25) is 9.78 Å². The molecular weight excluding hydrogens is 385 g/mol. The average molecular weight is 407 g/mol. The topological polar surface area (TPSA) is 84.8 Å². The van der Waals surface area contributed by atoms with Gasteiger partial charge in [-0.25, -0.2) is 14.4 Å². The molecule has 0 saturated heterocycles. The molecule has 8 nitrogen and oxygen atoms in total. The molecule has 0 bridgehead atoms. The van der Waals surface area contributed by atoms with Crippen LogP contribution in [0.5, 0.6) is 5.75 Å². The lowest BCUT2D eigenvalue weighted by Crippen LogP contribution is -2.20. The van der Waals surface area contributed by atoms with Crippen molar-refractivity contribution in [3.05, 3.63) is 60.8 Å². The SMILES string of the molecule is CN(Cc1ncnn1C)c1ccc(-c2cc(-c3cccc(OCCF)c3)[nH]n2)cn1. The molecule has 30 heavy (non-hydrogen) atoms. The molecule has 0 spiro atoms. The second kappa shape index (κ2) is 8.73. The minimum Gasteiger partial charge on any atom is -0.491 e. The molecule has 0 radical (unpaired) electrons. The molecular formula is C21H22FN7O. The van der Waals surface area contributed by atoms with Gasteiger partial charge in [-0.1, -0.05) is 12.1 Å². The Labute approximate surface area is 173 Å². The number of pyridine rings is 1. The summed E-state index contributed by atoms with van der Waals surface area (Å²) in [5, 5.41) is 11.5. The van der Waals surface area contributed by atoms with Gasteiger partial charge in [0.2, 0.25) is 0 Å². The zero-order valence-corrected chi connectivity index (χ0v) is 16.8. The van der Waals surface area contributed by atoms with Crippen LogP contribution in [0.1, 0.15) is 5.82 Å². The number of nitrogens with zero attached hydrogens (tertiary/aromatic N) is 6. The Morgan fingerprint density at radius 2 is 2.03 bits per heavy atom. The summed E-state index contributed by atoms with van der Waals surface area (Å²) in [7, 11) is 3.83. The van der Waals surface area contributed by atoms with Crippen molar-refractivity contribution in [3.8, 4) is 28.3 Å². The maximum absolute atomic E-state index is 12.3. The van der Waals surface area contributed by atoms with Crippen LogP contribution in [0.15, 0.2) is 55.0 Å². The molecule has 3 aromatic heterocycles. The van der Waals surface area contributed by atoms with Gasteiger partial charge in [0.25, 0.3) is 0 Å². The molecule has 3 heterocycles. The van der Waals surface area contributed by atoms with E-state index in [-0.39, 0.29) is 6.61 Å². The normalized spacial score (nSPS) is 10.9. The highest BCUT2D eigenvalue weighted by molar-refractivity contribution is 5.69. The summed E-state index contributed by atoms with van der Waals surface area (Å²) < 4.78 is 19.4. The number of aryl methyl sites for hydroxylation is 1. The minimum atomic E-state index is -0.519. The van der Waals surface area contributed by atoms with E-state index in [0.29, 0.717) is 12.3 Å². The van der Waals surface area contributed by atoms with Crippen LogP contribution >= 0.6 is 0 Å². The standard InChI is InChI=1S/C21H22FN7O/c1-28(13-21-24-14-25-29(21)2)20-7-6-16(12-23-20)19-11-18(26-27-19)15-4-3-5-17(10-15)30-9-8-22/h3-7,10-12,14H,8-9,13H2,1-2H3,(H,26,27). The molecule has 4 rings (SSSR count). The summed E-state index contributed by atoms with van der Waals surface area (Å²) >= 11 is 0. The lowest BCUT2D eigenvalue weighted by atomic mass is 10.1. The molecule has 4 aromatic rings. The lowest BCUT2D eigenvalue weighted by molar-refractivity contribution is 0.273. The third-order valence-corrected chi connectivity index (χ3v) is 4.69. The second-order valence-electron chi connectivity index (χ2n) is 6.79. The van der Waals surface area contributed by atoms with Crippen LogP contribution < -0.4 is 9.64 Å². The van der Waals surface area contributed by atoms with Crippen LogP contribution in [0.2, 0.25) is 0 Å². The smallest absolute Gasteiger partial charge is 0.146 e. The Kier molecular flexibility index (Phi) is 5.69. The Bertz CT molecular complexity index is 1110. The van der Waals surface area contributed by atoms with Crippen LogP contribution in [-0.2, 0) is 13.6 Å². The van der Waals surface area contributed by atoms with E-state index in [1.807, 2.05) is 55.4 Å². The van der Waals surface area contributed by atoms with Crippen molar-refractivity contribution in [2.24, 2.45) is 7.05 Å². The summed E-state index contributed by atoms with van der Waals surface area (Å²) in [6.45, 7) is 0.131. The van der Waals surface area contributed by atoms with E-state index in [1.165, 1.54) is 6.33 Å². The van der Waals surface area contributed by atoms with Crippen molar-refractivity contribution in [3.63, 3.8) is 0 Å². The highest BCUT2D eigenvalue weighted by atomic mass is 19.1. The van der Waals surface area contributed by atoms with E-state index in [1.54, 1.807) is 16.9 Å². The fourth-order valence-electron chi connectivity index (χ4n) is 3.05. The van der Waals surface area contributed by atoms with Crippen molar-refractivity contribution >= 4 is 5.82 Å². The fraction of sp³-hybridized carbons (Fsp3) is 0.238. The van der Waals surface area contributed by atoms with Crippen LogP contribution in [0.4, 0.5) is 10.2 Å². The highest BCUT2D eigenvalue weighted by Gasteiger charge is 2.10. The first-order valence-corrected chi connectivity index (χ1v) is 9.49. The average Bonchev–Trinajstić information content (AvgIpc) is 3.42. The van der Waals surface area contributed by atoms with Crippen molar-refractivity contribution in [1.29, 1.82) is 0 Å². The second-order valence-corrected chi connectivity index (χ2v) is 6.79. The van der Waals surface area contributed by atoms with Gasteiger partial charge in [-0.2, -0.15) is 10.2 Å². The van der Waals surface area contributed by atoms with Crippen molar-refractivity contribution in [2.75, 3.05) is 25.2 Å². The molecule has 0 unspecified atom stereocenters. The first-order valence-electron chi connectivity index (χ1n) is 9.49. The van der Waals surface area contributed by atoms with Gasteiger partial charge in [0.05, 0.1) is 17.9 Å². The minimum absolute atomic E-state index is 0.0425. The molecule has 0 aliphatic rings. The van der Waals surface area contributed by atoms with E-state index >= 15 is 0 Å². The van der Waals surface area contributed by atoms with Crippen LogP contribution in [0.3, 0.4) is 0 Å². The first kappa shape index (κ1) is 19.6. The number of anilines is 1. The third-order valence-electron chi connectivity index (χ3n) is 4.69. The number of hydrogen-bond donors (Lipinski definition) is 1. The zero-order valence-electron chi connectivity index (χ0n) is 16.8. The van der Waals surface area contributed by atoms with Gasteiger partial charge < -0.3 is 9.64 Å². The number of aromatic nitrogens is 6. The van der Waals surface area contributed by atoms with Gasteiger partial charge in [-0.05, 0) is 30.3 Å². The number of alkyl halides is 1. The number of benzene rings is 1. The highest BCUT2D eigenvalue weighted by Crippen LogP contribution is 2.27. The number of nitrogens with one attached hydrogen (secondary N) is 1. The number of ether oxygens (including phenoxy) is 1. The van der Waals surface area contributed by atoms with Gasteiger partial charge in [-0.15, -0.1) is 0 Å². The van der Waals surface area contributed by atoms with Gasteiger partial charge in [0, 0.05) is 31.4 Å². The number of aromatic amines is 1. The van der Waals surface area contributed by atoms with Crippen molar-refractivity contribution in [2.45, 2.75) is 6.54 Å². The maximum atomic E-state index is 12.3. The maximum Gasteiger partial charge on any atom is 0.146 e. The number of hydrogen-bond acceptors (Lipinski definition) is 6. The summed E-state index contributed by atoms with van der Waals surface area (Å²) in [6, 6.07) is 13.4. The lowest BCUT2D eigenvalue weighted by Gasteiger charge is -2.17. The molecule has 1 aromatic carbocycles. The molecule has 0 aliphatic carbocycles. The first-order chi connectivity index (χ1) is 14.6. The Morgan fingerprint density at radius 1 is 1.13 bits per heavy atom. The molecule has 0 amide bonds. The van der Waals surface area contributed by atoms with Crippen molar-refractivity contribution < 1.29 is 9.13 Å². The van der Waals surface area contributed by atoms with E-state index in [2.05, 4.69) is 25.3 Å². The summed E-state index contributed by atoms with van der Waals surface area (Å²) in [5.41, 5.74) is 3.45. The molecule has 1 N–H and O–H groups in total. The molecule has 9 heteroatoms. The Balaban J connectivity index is 1.48. The van der Waals surface area contributed by atoms with E-state index in [0.717, 1.165) is 34.2 Å². The molecule has 0 aliphatic heterocycles. The third kappa shape index (κ3) is 4.29. The number of H-pyrrole nitrogens is 1. The molecule has 154 valence electrons. The van der Waals surface area contributed by atoms with Gasteiger partial charge in [0.1, 0.15) is 37.0 Å². The summed E-state index contributed by atoms with van der Waals surface area (Å²) in [4.78, 5) is 10.8. The van der Waals surface area contributed by atoms with Crippen molar-refractivity contribution in [1.82, 2.24) is 29.9 Å². The molecule has 0 atom stereocenters. The number of rotatable bonds is 8. The number of halogens is 1. The fourth-order valence-corrected chi connectivity index (χ4v) is 3.05. The molecule has 0 fully saturated rings. The predicted molar refractivity (Wildman–Crippen MR) is 112 cm³/mol. The summed E-state index contributed by atoms with van der Waals surface area (Å²) in [6.07, 6.45) is 3.33. The zero-order chi connectivity index (χ0) is 20.9. The monoisotopic (exact) mass is 407 g/mol. The summed E-state index contributed by atoms with van der Waals surface area (Å²) in [5.74, 6) is 2.31. The largest absolute Gasteiger partial charge is 0.491 e. The Hall–Kier alpha value is -3.75. The predicted octanol–water partition coefficient (Wildman–Crippen LogP) is 3.25. The van der Waals surface area contributed by atoms with E-state index in [9.17, 15) is 4.39 Å². The van der Waals surface area contributed by atoms with E-state index in [4.69, 9.17) is 4.74 Å². The van der Waals surface area contributed by atoms with E-state index < -0.39 is 6.67 Å². The van der Waals surface area contributed by atoms with Gasteiger partial charge in [0.15, 0.2) is 0 Å². The van der Waals surface area contributed by atoms with Gasteiger partial charge >= 0.3 is 0 Å². The quantitative estimate of drug-likeness (QED) is 0.483.